The van der Waals surface area contributed by atoms with E-state index in [4.69, 9.17) is 9.47 Å². The first-order valence-electron chi connectivity index (χ1n) is 7.50. The Hall–Kier alpha value is -3.08. The zero-order chi connectivity index (χ0) is 17.2. The first-order valence-corrected chi connectivity index (χ1v) is 7.50. The van der Waals surface area contributed by atoms with E-state index in [9.17, 15) is 4.79 Å². The maximum atomic E-state index is 11.9. The van der Waals surface area contributed by atoms with Gasteiger partial charge in [0.1, 0.15) is 18.1 Å². The molecule has 0 bridgehead atoms. The topological polar surface area (TPSA) is 59.9 Å². The number of amides is 1. The van der Waals surface area contributed by atoms with Crippen LogP contribution in [-0.2, 0) is 11.2 Å². The van der Waals surface area contributed by atoms with Crippen LogP contribution in [0.1, 0.15) is 11.1 Å². The number of hydrogen-bond donors (Lipinski definition) is 1. The molecule has 0 saturated heterocycles. The second kappa shape index (κ2) is 9.15. The predicted molar refractivity (Wildman–Crippen MR) is 94.6 cm³/mol. The Balaban J connectivity index is 1.91. The summed E-state index contributed by atoms with van der Waals surface area (Å²) in [6.07, 6.45) is 3.48. The average Bonchev–Trinajstić information content (AvgIpc) is 2.61. The minimum absolute atomic E-state index is 0.194. The summed E-state index contributed by atoms with van der Waals surface area (Å²) in [5, 5.41) is 3.99. The normalized spacial score (nSPS) is 10.4. The molecule has 2 aromatic rings. The first kappa shape index (κ1) is 17.3. The molecular weight excluding hydrogens is 304 g/mol. The number of methoxy groups -OCH3 is 1. The molecule has 124 valence electrons. The molecule has 1 amide bonds. The summed E-state index contributed by atoms with van der Waals surface area (Å²) in [7, 11) is 1.60. The Morgan fingerprint density at radius 2 is 1.96 bits per heavy atom. The van der Waals surface area contributed by atoms with Crippen molar-refractivity contribution >= 4 is 12.1 Å². The van der Waals surface area contributed by atoms with Gasteiger partial charge in [0.25, 0.3) is 0 Å². The number of nitrogens with zero attached hydrogens (tertiary/aromatic N) is 1. The van der Waals surface area contributed by atoms with E-state index in [0.29, 0.717) is 12.4 Å². The van der Waals surface area contributed by atoms with E-state index in [2.05, 4.69) is 17.1 Å². The molecule has 2 aromatic carbocycles. The van der Waals surface area contributed by atoms with Crippen LogP contribution in [0.2, 0.25) is 0 Å². The summed E-state index contributed by atoms with van der Waals surface area (Å²) in [4.78, 5) is 11.9. The fourth-order valence-corrected chi connectivity index (χ4v) is 2.01. The number of para-hydroxylation sites is 1. The van der Waals surface area contributed by atoms with Crippen molar-refractivity contribution in [1.29, 1.82) is 0 Å². The van der Waals surface area contributed by atoms with E-state index < -0.39 is 0 Å². The molecule has 0 radical (unpaired) electrons. The number of ether oxygens (including phenoxy) is 2. The molecule has 0 saturated carbocycles. The lowest BCUT2D eigenvalue weighted by Gasteiger charge is -2.06. The number of benzene rings is 2. The van der Waals surface area contributed by atoms with Gasteiger partial charge >= 0.3 is 0 Å². The van der Waals surface area contributed by atoms with Gasteiger partial charge < -0.3 is 9.47 Å². The highest BCUT2D eigenvalue weighted by molar-refractivity contribution is 5.85. The number of rotatable bonds is 8. The van der Waals surface area contributed by atoms with E-state index in [0.717, 1.165) is 16.9 Å². The van der Waals surface area contributed by atoms with Crippen molar-refractivity contribution in [1.82, 2.24) is 5.43 Å². The molecule has 0 atom stereocenters. The van der Waals surface area contributed by atoms with Gasteiger partial charge in [-0.05, 0) is 29.8 Å². The largest absolute Gasteiger partial charge is 0.497 e. The van der Waals surface area contributed by atoms with Crippen LogP contribution in [0.3, 0.4) is 0 Å². The minimum atomic E-state index is -0.194. The number of hydrogen-bond acceptors (Lipinski definition) is 4. The molecule has 0 aliphatic carbocycles. The minimum Gasteiger partial charge on any atom is -0.497 e. The van der Waals surface area contributed by atoms with Gasteiger partial charge in [-0.1, -0.05) is 36.9 Å². The van der Waals surface area contributed by atoms with Crippen LogP contribution < -0.4 is 14.9 Å². The summed E-state index contributed by atoms with van der Waals surface area (Å²) in [6, 6.07) is 14.8. The Labute approximate surface area is 141 Å². The van der Waals surface area contributed by atoms with Crippen LogP contribution in [0.15, 0.2) is 66.3 Å². The van der Waals surface area contributed by atoms with Crippen LogP contribution in [0.4, 0.5) is 0 Å². The molecule has 2 rings (SSSR count). The van der Waals surface area contributed by atoms with E-state index in [1.54, 1.807) is 19.4 Å². The first-order chi connectivity index (χ1) is 11.7. The fraction of sp³-hybridized carbons (Fsp3) is 0.158. The molecule has 1 N–H and O–H groups in total. The monoisotopic (exact) mass is 324 g/mol. The average molecular weight is 324 g/mol. The van der Waals surface area contributed by atoms with Crippen molar-refractivity contribution in [3.05, 3.63) is 72.3 Å². The quantitative estimate of drug-likeness (QED) is 0.461. The Kier molecular flexibility index (Phi) is 6.58. The maximum absolute atomic E-state index is 11.9. The van der Waals surface area contributed by atoms with Crippen molar-refractivity contribution in [2.75, 3.05) is 13.7 Å². The third kappa shape index (κ3) is 5.28. The third-order valence-electron chi connectivity index (χ3n) is 3.19. The molecular formula is C19H20N2O3. The van der Waals surface area contributed by atoms with Crippen LogP contribution in [0.5, 0.6) is 11.5 Å². The van der Waals surface area contributed by atoms with Gasteiger partial charge in [0.15, 0.2) is 0 Å². The molecule has 0 fully saturated rings. The molecule has 0 heterocycles. The number of nitrogens with one attached hydrogen (secondary N) is 1. The lowest BCUT2D eigenvalue weighted by Crippen LogP contribution is -2.19. The number of carbonyl (C=O) groups excluding carboxylic acids is 1. The van der Waals surface area contributed by atoms with Gasteiger partial charge in [-0.2, -0.15) is 5.10 Å². The Bertz CT molecular complexity index is 709. The molecule has 0 spiro atoms. The highest BCUT2D eigenvalue weighted by Crippen LogP contribution is 2.15. The van der Waals surface area contributed by atoms with Gasteiger partial charge in [0.05, 0.1) is 19.7 Å². The van der Waals surface area contributed by atoms with Crippen LogP contribution in [-0.4, -0.2) is 25.8 Å². The van der Waals surface area contributed by atoms with Gasteiger partial charge in [0.2, 0.25) is 5.91 Å². The highest BCUT2D eigenvalue weighted by Gasteiger charge is 2.03. The van der Waals surface area contributed by atoms with Crippen molar-refractivity contribution < 1.29 is 14.3 Å². The van der Waals surface area contributed by atoms with Crippen molar-refractivity contribution in [3.8, 4) is 11.5 Å². The smallest absolute Gasteiger partial charge is 0.244 e. The SMILES string of the molecule is C=CCOc1ccccc1/C=N/NC(=O)Cc1ccc(OC)cc1. The van der Waals surface area contributed by atoms with Crippen LogP contribution >= 0.6 is 0 Å². The van der Waals surface area contributed by atoms with Gasteiger partial charge in [-0.25, -0.2) is 5.43 Å². The summed E-state index contributed by atoms with van der Waals surface area (Å²) >= 11 is 0. The van der Waals surface area contributed by atoms with Crippen molar-refractivity contribution in [3.63, 3.8) is 0 Å². The van der Waals surface area contributed by atoms with Gasteiger partial charge in [-0.3, -0.25) is 4.79 Å². The summed E-state index contributed by atoms with van der Waals surface area (Å²) in [5.41, 5.74) is 4.18. The molecule has 5 nitrogen and oxygen atoms in total. The lowest BCUT2D eigenvalue weighted by atomic mass is 10.1. The fourth-order valence-electron chi connectivity index (χ4n) is 2.01. The van der Waals surface area contributed by atoms with E-state index >= 15 is 0 Å². The summed E-state index contributed by atoms with van der Waals surface area (Å²) in [5.74, 6) is 1.25. The highest BCUT2D eigenvalue weighted by atomic mass is 16.5. The van der Waals surface area contributed by atoms with E-state index in [-0.39, 0.29) is 12.3 Å². The summed E-state index contributed by atoms with van der Waals surface area (Å²) in [6.45, 7) is 4.03. The molecule has 0 aromatic heterocycles. The standard InChI is InChI=1S/C19H20N2O3/c1-3-12-24-18-7-5-4-6-16(18)14-20-21-19(22)13-15-8-10-17(23-2)11-9-15/h3-11,14H,1,12-13H2,2H3,(H,21,22)/b20-14+. The summed E-state index contributed by atoms with van der Waals surface area (Å²) < 4.78 is 10.6. The van der Waals surface area contributed by atoms with Crippen molar-refractivity contribution in [2.45, 2.75) is 6.42 Å². The predicted octanol–water partition coefficient (Wildman–Crippen LogP) is 2.95. The molecule has 5 heteroatoms. The van der Waals surface area contributed by atoms with Gasteiger partial charge in [0, 0.05) is 5.56 Å². The zero-order valence-corrected chi connectivity index (χ0v) is 13.6. The zero-order valence-electron chi connectivity index (χ0n) is 13.6. The lowest BCUT2D eigenvalue weighted by molar-refractivity contribution is -0.120. The van der Waals surface area contributed by atoms with E-state index in [1.165, 1.54) is 0 Å². The molecule has 0 aliphatic rings. The Morgan fingerprint density at radius 1 is 1.21 bits per heavy atom. The van der Waals surface area contributed by atoms with Crippen molar-refractivity contribution in [2.24, 2.45) is 5.10 Å². The molecule has 24 heavy (non-hydrogen) atoms. The maximum Gasteiger partial charge on any atom is 0.244 e. The van der Waals surface area contributed by atoms with Crippen LogP contribution in [0.25, 0.3) is 0 Å². The third-order valence-corrected chi connectivity index (χ3v) is 3.19. The number of carbonyl (C=O) groups is 1. The van der Waals surface area contributed by atoms with Crippen LogP contribution in [0, 0.1) is 0 Å². The Morgan fingerprint density at radius 3 is 2.67 bits per heavy atom. The van der Waals surface area contributed by atoms with Gasteiger partial charge in [-0.15, -0.1) is 0 Å². The molecule has 0 unspecified atom stereocenters. The second-order valence-corrected chi connectivity index (χ2v) is 4.96. The number of hydrazone groups is 1. The molecule has 0 aliphatic heterocycles. The second-order valence-electron chi connectivity index (χ2n) is 4.96. The van der Waals surface area contributed by atoms with E-state index in [1.807, 2.05) is 48.5 Å².